The zero-order chi connectivity index (χ0) is 7.94. The quantitative estimate of drug-likeness (QED) is 0.502. The molecule has 0 amide bonds. The number of nitrogens with zero attached hydrogens (tertiary/aromatic N) is 2. The van der Waals surface area contributed by atoms with Gasteiger partial charge in [-0.2, -0.15) is 0 Å². The van der Waals surface area contributed by atoms with Gasteiger partial charge in [-0.15, -0.1) is 0 Å². The summed E-state index contributed by atoms with van der Waals surface area (Å²) in [4.78, 5) is 7.78. The third kappa shape index (κ3) is 3.03. The molecule has 0 radical (unpaired) electrons. The predicted molar refractivity (Wildman–Crippen MR) is 47.8 cm³/mol. The molecule has 0 saturated carbocycles. The van der Waals surface area contributed by atoms with Crippen molar-refractivity contribution < 1.29 is 0 Å². The Morgan fingerprint density at radius 1 is 1.64 bits per heavy atom. The number of isothiocyanates is 1. The second kappa shape index (κ2) is 4.72. The minimum atomic E-state index is 0.704. The summed E-state index contributed by atoms with van der Waals surface area (Å²) in [6, 6.07) is 3.93. The molecule has 1 aromatic heterocycles. The summed E-state index contributed by atoms with van der Waals surface area (Å²) in [5.74, 6) is 0. The van der Waals surface area contributed by atoms with Gasteiger partial charge in [-0.1, -0.05) is 6.07 Å². The summed E-state index contributed by atoms with van der Waals surface area (Å²) >= 11 is 4.44. The Labute approximate surface area is 71.0 Å². The van der Waals surface area contributed by atoms with Crippen molar-refractivity contribution in [2.45, 2.75) is 6.42 Å². The van der Waals surface area contributed by atoms with Gasteiger partial charge in [-0.3, -0.25) is 4.98 Å². The normalized spacial score (nSPS) is 8.73. The van der Waals surface area contributed by atoms with E-state index in [1.54, 1.807) is 6.20 Å². The van der Waals surface area contributed by atoms with Crippen LogP contribution in [0.4, 0.5) is 0 Å². The summed E-state index contributed by atoms with van der Waals surface area (Å²) in [6.45, 7) is 0.704. The molecule has 0 aliphatic heterocycles. The Morgan fingerprint density at radius 2 is 2.55 bits per heavy atom. The lowest BCUT2D eigenvalue weighted by Gasteiger charge is -1.93. The Balaban J connectivity index is 2.45. The lowest BCUT2D eigenvalue weighted by Crippen LogP contribution is -1.88. The maximum atomic E-state index is 4.44. The maximum Gasteiger partial charge on any atom is 0.0585 e. The second-order valence-electron chi connectivity index (χ2n) is 2.08. The molecule has 0 aliphatic rings. The molecule has 0 unspecified atom stereocenters. The van der Waals surface area contributed by atoms with Crippen molar-refractivity contribution in [3.8, 4) is 0 Å². The topological polar surface area (TPSA) is 25.2 Å². The molecule has 0 atom stereocenters. The van der Waals surface area contributed by atoms with E-state index in [1.807, 2.05) is 18.3 Å². The van der Waals surface area contributed by atoms with Crippen molar-refractivity contribution >= 4 is 17.4 Å². The van der Waals surface area contributed by atoms with E-state index < -0.39 is 0 Å². The molecule has 0 bridgehead atoms. The second-order valence-corrected chi connectivity index (χ2v) is 2.27. The lowest BCUT2D eigenvalue weighted by atomic mass is 10.2. The SMILES string of the molecule is S=C=NCCc1cccnc1. The van der Waals surface area contributed by atoms with Crippen LogP contribution in [0.5, 0.6) is 0 Å². The Kier molecular flexibility index (Phi) is 3.45. The fourth-order valence-electron chi connectivity index (χ4n) is 0.777. The molecule has 0 aromatic carbocycles. The zero-order valence-electron chi connectivity index (χ0n) is 6.03. The van der Waals surface area contributed by atoms with Gasteiger partial charge >= 0.3 is 0 Å². The summed E-state index contributed by atoms with van der Waals surface area (Å²) in [5, 5.41) is 2.33. The molecule has 0 fully saturated rings. The molecule has 0 N–H and O–H groups in total. The van der Waals surface area contributed by atoms with E-state index >= 15 is 0 Å². The van der Waals surface area contributed by atoms with Gasteiger partial charge in [0.2, 0.25) is 0 Å². The molecule has 3 heteroatoms. The first-order valence-electron chi connectivity index (χ1n) is 3.36. The monoisotopic (exact) mass is 164 g/mol. The minimum Gasteiger partial charge on any atom is -0.264 e. The van der Waals surface area contributed by atoms with Crippen LogP contribution in [0.25, 0.3) is 0 Å². The van der Waals surface area contributed by atoms with Crippen molar-refractivity contribution in [3.05, 3.63) is 30.1 Å². The van der Waals surface area contributed by atoms with Gasteiger partial charge in [0.15, 0.2) is 0 Å². The average molecular weight is 164 g/mol. The van der Waals surface area contributed by atoms with Gasteiger partial charge in [-0.05, 0) is 30.3 Å². The van der Waals surface area contributed by atoms with Gasteiger partial charge in [0.25, 0.3) is 0 Å². The van der Waals surface area contributed by atoms with Crippen LogP contribution in [-0.4, -0.2) is 16.7 Å². The highest BCUT2D eigenvalue weighted by Gasteiger charge is 1.88. The van der Waals surface area contributed by atoms with E-state index in [4.69, 9.17) is 0 Å². The molecule has 0 saturated heterocycles. The van der Waals surface area contributed by atoms with Gasteiger partial charge in [0, 0.05) is 12.4 Å². The molecule has 1 rings (SSSR count). The van der Waals surface area contributed by atoms with Crippen molar-refractivity contribution in [2.24, 2.45) is 4.99 Å². The Bertz CT molecular complexity index is 252. The number of hydrogen-bond acceptors (Lipinski definition) is 3. The minimum absolute atomic E-state index is 0.704. The van der Waals surface area contributed by atoms with Gasteiger partial charge < -0.3 is 0 Å². The van der Waals surface area contributed by atoms with E-state index in [0.717, 1.165) is 6.42 Å². The standard InChI is InChI=1S/C8H8N2S/c11-7-10-5-3-8-2-1-4-9-6-8/h1-2,4,6H,3,5H2. The smallest absolute Gasteiger partial charge is 0.0585 e. The van der Waals surface area contributed by atoms with Crippen LogP contribution in [0.2, 0.25) is 0 Å². The number of aliphatic imine (C=N–C) groups is 1. The molecule has 1 aromatic rings. The van der Waals surface area contributed by atoms with E-state index in [1.165, 1.54) is 5.56 Å². The van der Waals surface area contributed by atoms with Crippen molar-refractivity contribution in [1.29, 1.82) is 0 Å². The Hall–Kier alpha value is -1.05. The first kappa shape index (κ1) is 8.05. The third-order valence-corrected chi connectivity index (χ3v) is 1.43. The summed E-state index contributed by atoms with van der Waals surface area (Å²) in [7, 11) is 0. The number of pyridine rings is 1. The highest BCUT2D eigenvalue weighted by molar-refractivity contribution is 7.78. The van der Waals surface area contributed by atoms with E-state index in [9.17, 15) is 0 Å². The molecule has 0 spiro atoms. The van der Waals surface area contributed by atoms with Crippen LogP contribution in [-0.2, 0) is 6.42 Å². The first-order chi connectivity index (χ1) is 5.43. The summed E-state index contributed by atoms with van der Waals surface area (Å²) < 4.78 is 0. The highest BCUT2D eigenvalue weighted by Crippen LogP contribution is 1.95. The fourth-order valence-corrected chi connectivity index (χ4v) is 0.868. The van der Waals surface area contributed by atoms with Gasteiger partial charge in [0.1, 0.15) is 0 Å². The molecule has 0 aliphatic carbocycles. The van der Waals surface area contributed by atoms with Crippen LogP contribution in [0.15, 0.2) is 29.5 Å². The van der Waals surface area contributed by atoms with Crippen molar-refractivity contribution in [3.63, 3.8) is 0 Å². The van der Waals surface area contributed by atoms with Crippen molar-refractivity contribution in [2.75, 3.05) is 6.54 Å². The van der Waals surface area contributed by atoms with Crippen molar-refractivity contribution in [1.82, 2.24) is 4.98 Å². The third-order valence-electron chi connectivity index (χ3n) is 1.30. The number of rotatable bonds is 3. The van der Waals surface area contributed by atoms with Crippen LogP contribution in [0.1, 0.15) is 5.56 Å². The van der Waals surface area contributed by atoms with Crippen LogP contribution in [0.3, 0.4) is 0 Å². The first-order valence-corrected chi connectivity index (χ1v) is 3.77. The van der Waals surface area contributed by atoms with Gasteiger partial charge in [-0.25, -0.2) is 4.99 Å². The molecule has 2 nitrogen and oxygen atoms in total. The van der Waals surface area contributed by atoms with E-state index in [2.05, 4.69) is 27.4 Å². The van der Waals surface area contributed by atoms with Crippen LogP contribution in [0, 0.1) is 0 Å². The largest absolute Gasteiger partial charge is 0.264 e. The summed E-state index contributed by atoms with van der Waals surface area (Å²) in [6.07, 6.45) is 4.47. The van der Waals surface area contributed by atoms with Gasteiger partial charge in [0.05, 0.1) is 11.7 Å². The predicted octanol–water partition coefficient (Wildman–Crippen LogP) is 1.73. The zero-order valence-corrected chi connectivity index (χ0v) is 6.84. The fraction of sp³-hybridized carbons (Fsp3) is 0.250. The molecule has 11 heavy (non-hydrogen) atoms. The maximum absolute atomic E-state index is 4.44. The van der Waals surface area contributed by atoms with E-state index in [-0.39, 0.29) is 0 Å². The highest BCUT2D eigenvalue weighted by atomic mass is 32.1. The van der Waals surface area contributed by atoms with Crippen LogP contribution >= 0.6 is 12.2 Å². The molecule has 56 valence electrons. The van der Waals surface area contributed by atoms with Crippen LogP contribution < -0.4 is 0 Å². The number of thiocarbonyl (C=S) groups is 1. The number of aromatic nitrogens is 1. The Morgan fingerprint density at radius 3 is 3.18 bits per heavy atom. The lowest BCUT2D eigenvalue weighted by molar-refractivity contribution is 0.966. The molecular formula is C8H8N2S. The molecular weight excluding hydrogens is 156 g/mol. The summed E-state index contributed by atoms with van der Waals surface area (Å²) in [5.41, 5.74) is 1.18. The number of hydrogen-bond donors (Lipinski definition) is 0. The average Bonchev–Trinajstić information content (AvgIpc) is 2.07. The van der Waals surface area contributed by atoms with E-state index in [0.29, 0.717) is 6.54 Å². The molecule has 1 heterocycles.